The van der Waals surface area contributed by atoms with Crippen LogP contribution in [0, 0.1) is 0 Å². The van der Waals surface area contributed by atoms with Gasteiger partial charge in [0.2, 0.25) is 0 Å². The summed E-state index contributed by atoms with van der Waals surface area (Å²) in [5.74, 6) is 0.455. The minimum Gasteiger partial charge on any atom is -0.354 e. The third-order valence-corrected chi connectivity index (χ3v) is 4.16. The fourth-order valence-corrected chi connectivity index (χ4v) is 2.61. The summed E-state index contributed by atoms with van der Waals surface area (Å²) in [6.45, 7) is 2.82. The average molecular weight is 346 g/mol. The molecule has 0 aliphatic heterocycles. The second kappa shape index (κ2) is 8.25. The molecule has 0 unspecified atom stereocenters. The number of anilines is 2. The van der Waals surface area contributed by atoms with Gasteiger partial charge in [-0.2, -0.15) is 0 Å². The summed E-state index contributed by atoms with van der Waals surface area (Å²) in [5.41, 5.74) is 3.46. The van der Waals surface area contributed by atoms with Gasteiger partial charge in [-0.1, -0.05) is 49.4 Å². The number of aryl methyl sites for hydroxylation is 1. The lowest BCUT2D eigenvalue weighted by Crippen LogP contribution is -2.20. The number of nitrogens with zero attached hydrogens (tertiary/aromatic N) is 3. The van der Waals surface area contributed by atoms with E-state index in [1.807, 2.05) is 60.5 Å². The summed E-state index contributed by atoms with van der Waals surface area (Å²) in [6, 6.07) is 21.4. The minimum atomic E-state index is -0.265. The normalized spacial score (nSPS) is 10.4. The lowest BCUT2D eigenvalue weighted by molar-refractivity contribution is 0.102. The Bertz CT molecular complexity index is 845. The van der Waals surface area contributed by atoms with Crippen LogP contribution in [0.2, 0.25) is 0 Å². The molecule has 26 heavy (non-hydrogen) atoms. The molecule has 0 saturated heterocycles. The SMILES string of the molecule is CCc1ccc(NC(=O)c2ccc(N(C)Cc3ccccc3)nn2)cc1. The summed E-state index contributed by atoms with van der Waals surface area (Å²) in [7, 11) is 1.95. The van der Waals surface area contributed by atoms with Crippen LogP contribution in [-0.2, 0) is 13.0 Å². The maximum absolute atomic E-state index is 12.3. The molecule has 0 aliphatic carbocycles. The molecule has 132 valence electrons. The molecule has 0 saturated carbocycles. The standard InChI is InChI=1S/C21H22N4O/c1-3-16-9-11-18(12-10-16)22-21(26)19-13-14-20(24-23-19)25(2)15-17-7-5-4-6-8-17/h4-14H,3,15H2,1-2H3,(H,22,26). The number of amides is 1. The van der Waals surface area contributed by atoms with E-state index in [1.165, 1.54) is 11.1 Å². The Kier molecular flexibility index (Phi) is 5.59. The Morgan fingerprint density at radius 3 is 2.27 bits per heavy atom. The largest absolute Gasteiger partial charge is 0.354 e. The third-order valence-electron chi connectivity index (χ3n) is 4.16. The summed E-state index contributed by atoms with van der Waals surface area (Å²) >= 11 is 0. The first-order chi connectivity index (χ1) is 12.7. The zero-order valence-electron chi connectivity index (χ0n) is 15.0. The average Bonchev–Trinajstić information content (AvgIpc) is 2.69. The van der Waals surface area contributed by atoms with E-state index in [9.17, 15) is 4.79 Å². The van der Waals surface area contributed by atoms with Crippen molar-refractivity contribution < 1.29 is 4.79 Å². The maximum Gasteiger partial charge on any atom is 0.276 e. The molecule has 0 fully saturated rings. The lowest BCUT2D eigenvalue weighted by Gasteiger charge is -2.17. The van der Waals surface area contributed by atoms with Crippen molar-refractivity contribution in [1.82, 2.24) is 10.2 Å². The molecule has 0 aliphatic rings. The Balaban J connectivity index is 1.63. The summed E-state index contributed by atoms with van der Waals surface area (Å²) in [4.78, 5) is 14.3. The van der Waals surface area contributed by atoms with Crippen molar-refractivity contribution >= 4 is 17.4 Å². The molecule has 0 bridgehead atoms. The van der Waals surface area contributed by atoms with Gasteiger partial charge in [0.05, 0.1) is 0 Å². The zero-order valence-corrected chi connectivity index (χ0v) is 15.0. The third kappa shape index (κ3) is 4.45. The van der Waals surface area contributed by atoms with Gasteiger partial charge in [-0.3, -0.25) is 4.79 Å². The van der Waals surface area contributed by atoms with Crippen LogP contribution >= 0.6 is 0 Å². The monoisotopic (exact) mass is 346 g/mol. The first-order valence-corrected chi connectivity index (χ1v) is 8.65. The molecule has 1 aromatic heterocycles. The van der Waals surface area contributed by atoms with Gasteiger partial charge in [0, 0.05) is 19.3 Å². The second-order valence-electron chi connectivity index (χ2n) is 6.12. The number of benzene rings is 2. The fourth-order valence-electron chi connectivity index (χ4n) is 2.61. The van der Waals surface area contributed by atoms with Crippen LogP contribution in [0.3, 0.4) is 0 Å². The van der Waals surface area contributed by atoms with Gasteiger partial charge in [0.1, 0.15) is 0 Å². The molecule has 2 aromatic carbocycles. The van der Waals surface area contributed by atoms with Crippen molar-refractivity contribution in [3.63, 3.8) is 0 Å². The summed E-state index contributed by atoms with van der Waals surface area (Å²) < 4.78 is 0. The van der Waals surface area contributed by atoms with Gasteiger partial charge in [0.25, 0.3) is 5.91 Å². The highest BCUT2D eigenvalue weighted by atomic mass is 16.1. The number of nitrogens with one attached hydrogen (secondary N) is 1. The molecule has 1 heterocycles. The van der Waals surface area contributed by atoms with Crippen LogP contribution in [0.15, 0.2) is 66.7 Å². The van der Waals surface area contributed by atoms with Crippen LogP contribution < -0.4 is 10.2 Å². The van der Waals surface area contributed by atoms with Crippen LogP contribution in [0.1, 0.15) is 28.5 Å². The van der Waals surface area contributed by atoms with Gasteiger partial charge in [-0.15, -0.1) is 10.2 Å². The van der Waals surface area contributed by atoms with Crippen molar-refractivity contribution in [3.8, 4) is 0 Å². The van der Waals surface area contributed by atoms with E-state index in [-0.39, 0.29) is 5.91 Å². The topological polar surface area (TPSA) is 58.1 Å². The van der Waals surface area contributed by atoms with Gasteiger partial charge < -0.3 is 10.2 Å². The lowest BCUT2D eigenvalue weighted by atomic mass is 10.1. The van der Waals surface area contributed by atoms with Crippen LogP contribution in [-0.4, -0.2) is 23.2 Å². The molecule has 1 N–H and O–H groups in total. The molecule has 0 spiro atoms. The van der Waals surface area contributed by atoms with Crippen LogP contribution in [0.5, 0.6) is 0 Å². The first-order valence-electron chi connectivity index (χ1n) is 8.65. The molecule has 0 atom stereocenters. The van der Waals surface area contributed by atoms with E-state index in [0.29, 0.717) is 5.69 Å². The molecule has 1 amide bonds. The number of carbonyl (C=O) groups is 1. The molecular weight excluding hydrogens is 324 g/mol. The predicted octanol–water partition coefficient (Wildman–Crippen LogP) is 3.93. The van der Waals surface area contributed by atoms with E-state index < -0.39 is 0 Å². The van der Waals surface area contributed by atoms with Crippen LogP contribution in [0.4, 0.5) is 11.5 Å². The van der Waals surface area contributed by atoms with Gasteiger partial charge in [-0.05, 0) is 41.8 Å². The van der Waals surface area contributed by atoms with Crippen LogP contribution in [0.25, 0.3) is 0 Å². The highest BCUT2D eigenvalue weighted by Gasteiger charge is 2.10. The van der Waals surface area contributed by atoms with Crippen molar-refractivity contribution in [2.75, 3.05) is 17.3 Å². The number of carbonyl (C=O) groups excluding carboxylic acids is 1. The maximum atomic E-state index is 12.3. The Labute approximate surface area is 153 Å². The van der Waals surface area contributed by atoms with Gasteiger partial charge in [-0.25, -0.2) is 0 Å². The number of aromatic nitrogens is 2. The fraction of sp³-hybridized carbons (Fsp3) is 0.190. The van der Waals surface area contributed by atoms with E-state index in [1.54, 1.807) is 6.07 Å². The summed E-state index contributed by atoms with van der Waals surface area (Å²) in [6.07, 6.45) is 0.970. The van der Waals surface area contributed by atoms with E-state index in [0.717, 1.165) is 24.5 Å². The predicted molar refractivity (Wildman–Crippen MR) is 104 cm³/mol. The number of hydrogen-bond donors (Lipinski definition) is 1. The molecule has 0 radical (unpaired) electrons. The molecule has 3 aromatic rings. The minimum absolute atomic E-state index is 0.265. The Hall–Kier alpha value is -3.21. The van der Waals surface area contributed by atoms with Gasteiger partial charge in [0.15, 0.2) is 11.5 Å². The van der Waals surface area contributed by atoms with E-state index >= 15 is 0 Å². The van der Waals surface area contributed by atoms with Crippen molar-refractivity contribution in [2.45, 2.75) is 19.9 Å². The number of hydrogen-bond acceptors (Lipinski definition) is 4. The Morgan fingerprint density at radius 2 is 1.65 bits per heavy atom. The van der Waals surface area contributed by atoms with E-state index in [2.05, 4.69) is 34.6 Å². The van der Waals surface area contributed by atoms with Crippen molar-refractivity contribution in [2.24, 2.45) is 0 Å². The van der Waals surface area contributed by atoms with E-state index in [4.69, 9.17) is 0 Å². The highest BCUT2D eigenvalue weighted by Crippen LogP contribution is 2.14. The zero-order chi connectivity index (χ0) is 18.4. The van der Waals surface area contributed by atoms with Crippen molar-refractivity contribution in [1.29, 1.82) is 0 Å². The second-order valence-corrected chi connectivity index (χ2v) is 6.12. The summed E-state index contributed by atoms with van der Waals surface area (Å²) in [5, 5.41) is 11.1. The molecule has 5 heteroatoms. The molecular formula is C21H22N4O. The highest BCUT2D eigenvalue weighted by molar-refractivity contribution is 6.02. The number of rotatable bonds is 6. The Morgan fingerprint density at radius 1 is 0.923 bits per heavy atom. The van der Waals surface area contributed by atoms with Crippen molar-refractivity contribution in [3.05, 3.63) is 83.6 Å². The smallest absolute Gasteiger partial charge is 0.276 e. The quantitative estimate of drug-likeness (QED) is 0.735. The molecule has 3 rings (SSSR count). The molecule has 5 nitrogen and oxygen atoms in total. The first kappa shape index (κ1) is 17.6. The van der Waals surface area contributed by atoms with Gasteiger partial charge >= 0.3 is 0 Å².